The Morgan fingerprint density at radius 1 is 1.33 bits per heavy atom. The Labute approximate surface area is 93.4 Å². The van der Waals surface area contributed by atoms with E-state index in [-0.39, 0.29) is 5.67 Å². The number of benzene rings is 1. The van der Waals surface area contributed by atoms with Crippen LogP contribution >= 0.6 is 0 Å². The number of ether oxygens (including phenoxy) is 2. The molecule has 82 valence electrons. The third kappa shape index (κ3) is 2.97. The zero-order valence-corrected chi connectivity index (χ0v) is 10.4. The predicted octanol–water partition coefficient (Wildman–Crippen LogP) is 0.728. The van der Waals surface area contributed by atoms with E-state index in [1.807, 2.05) is 18.2 Å². The lowest BCUT2D eigenvalue weighted by Gasteiger charge is -2.14. The Morgan fingerprint density at radius 3 is 2.60 bits per heavy atom. The van der Waals surface area contributed by atoms with Crippen molar-refractivity contribution in [3.8, 4) is 11.5 Å². The van der Waals surface area contributed by atoms with E-state index in [9.17, 15) is 0 Å². The van der Waals surface area contributed by atoms with Gasteiger partial charge in [0.2, 0.25) is 0 Å². The first-order chi connectivity index (χ1) is 7.22. The zero-order valence-electron chi connectivity index (χ0n) is 9.41. The lowest BCUT2D eigenvalue weighted by molar-refractivity contribution is 0.357. The number of hydrogen-bond donors (Lipinski definition) is 1. The number of rotatable bonds is 5. The van der Waals surface area contributed by atoms with Gasteiger partial charge >= 0.3 is 0 Å². The summed E-state index contributed by atoms with van der Waals surface area (Å²) >= 11 is 0. The molecule has 1 atom stereocenters. The Kier molecular flexibility index (Phi) is 4.65. The smallest absolute Gasteiger partial charge is 0.160 e. The zero-order chi connectivity index (χ0) is 11.3. The van der Waals surface area contributed by atoms with Crippen LogP contribution in [0.5, 0.6) is 11.5 Å². The summed E-state index contributed by atoms with van der Waals surface area (Å²) in [6.07, 6.45) is 0.971. The standard InChI is InChI=1S/C11H17NO2Si/c1-4-10(12)15-9-7-5-6-8(13-2)11(9)14-3/h5-7,10H,4,12H2,1-3H3. The Bertz CT molecular complexity index is 317. The fourth-order valence-electron chi connectivity index (χ4n) is 1.30. The van der Waals surface area contributed by atoms with Crippen molar-refractivity contribution in [1.82, 2.24) is 0 Å². The fraction of sp³-hybridized carbons (Fsp3) is 0.455. The molecule has 0 aromatic heterocycles. The van der Waals surface area contributed by atoms with Crippen LogP contribution in [0.25, 0.3) is 0 Å². The van der Waals surface area contributed by atoms with Crippen LogP contribution in [-0.2, 0) is 0 Å². The molecule has 1 aromatic rings. The molecule has 4 heteroatoms. The Hall–Kier alpha value is -1.00. The van der Waals surface area contributed by atoms with Crippen LogP contribution in [0.2, 0.25) is 0 Å². The van der Waals surface area contributed by atoms with Gasteiger partial charge < -0.3 is 15.2 Å². The summed E-state index contributed by atoms with van der Waals surface area (Å²) in [6, 6.07) is 5.89. The van der Waals surface area contributed by atoms with Crippen molar-refractivity contribution < 1.29 is 9.47 Å². The van der Waals surface area contributed by atoms with E-state index in [0.29, 0.717) is 9.52 Å². The highest BCUT2D eigenvalue weighted by atomic mass is 28.2. The van der Waals surface area contributed by atoms with Gasteiger partial charge in [0.25, 0.3) is 0 Å². The molecule has 0 aliphatic heterocycles. The minimum absolute atomic E-state index is 0.200. The molecule has 0 heterocycles. The Morgan fingerprint density at radius 2 is 2.07 bits per heavy atom. The summed E-state index contributed by atoms with van der Waals surface area (Å²) < 4.78 is 10.6. The number of methoxy groups -OCH3 is 2. The number of nitrogens with two attached hydrogens (primary N) is 1. The van der Waals surface area contributed by atoms with Crippen LogP contribution in [0.15, 0.2) is 18.2 Å². The van der Waals surface area contributed by atoms with Gasteiger partial charge in [0.1, 0.15) is 9.52 Å². The summed E-state index contributed by atoms with van der Waals surface area (Å²) in [6.45, 7) is 2.09. The molecule has 1 rings (SSSR count). The molecule has 3 nitrogen and oxygen atoms in total. The quantitative estimate of drug-likeness (QED) is 0.748. The molecule has 0 amide bonds. The van der Waals surface area contributed by atoms with Crippen LogP contribution in [0, 0.1) is 0 Å². The summed E-state index contributed by atoms with van der Waals surface area (Å²) in [5, 5.41) is 1.13. The maximum Gasteiger partial charge on any atom is 0.160 e. The summed E-state index contributed by atoms with van der Waals surface area (Å²) in [4.78, 5) is 0. The first-order valence-corrected chi connectivity index (χ1v) is 6.03. The van der Waals surface area contributed by atoms with Crippen molar-refractivity contribution in [3.63, 3.8) is 0 Å². The molecule has 1 unspecified atom stereocenters. The maximum absolute atomic E-state index is 5.94. The molecule has 0 saturated heterocycles. The van der Waals surface area contributed by atoms with Crippen molar-refractivity contribution in [3.05, 3.63) is 18.2 Å². The molecule has 2 N–H and O–H groups in total. The second-order valence-electron chi connectivity index (χ2n) is 3.20. The molecule has 0 aliphatic rings. The average Bonchev–Trinajstić information content (AvgIpc) is 2.28. The van der Waals surface area contributed by atoms with Crippen LogP contribution in [0.4, 0.5) is 0 Å². The second-order valence-corrected chi connectivity index (χ2v) is 4.77. The molecule has 1 aromatic carbocycles. The largest absolute Gasteiger partial charge is 0.493 e. The maximum atomic E-state index is 5.94. The minimum Gasteiger partial charge on any atom is -0.493 e. The van der Waals surface area contributed by atoms with E-state index in [4.69, 9.17) is 15.2 Å². The normalized spacial score (nSPS) is 12.3. The summed E-state index contributed by atoms with van der Waals surface area (Å²) in [5.41, 5.74) is 6.14. The van der Waals surface area contributed by atoms with Gasteiger partial charge in [-0.3, -0.25) is 0 Å². The van der Waals surface area contributed by atoms with Crippen LogP contribution in [0.3, 0.4) is 0 Å². The van der Waals surface area contributed by atoms with Crippen LogP contribution in [-0.4, -0.2) is 29.4 Å². The van der Waals surface area contributed by atoms with E-state index in [0.717, 1.165) is 23.1 Å². The molecule has 2 radical (unpaired) electrons. The molecular weight excluding hydrogens is 206 g/mol. The summed E-state index contributed by atoms with van der Waals surface area (Å²) in [7, 11) is 3.86. The van der Waals surface area contributed by atoms with E-state index >= 15 is 0 Å². The van der Waals surface area contributed by atoms with Gasteiger partial charge in [0, 0.05) is 0 Å². The van der Waals surface area contributed by atoms with Gasteiger partial charge in [-0.25, -0.2) is 0 Å². The van der Waals surface area contributed by atoms with E-state index in [1.54, 1.807) is 14.2 Å². The molecule has 0 bridgehead atoms. The van der Waals surface area contributed by atoms with Gasteiger partial charge in [0.05, 0.1) is 14.2 Å². The molecular formula is C11H17NO2Si. The minimum atomic E-state index is 0.200. The van der Waals surface area contributed by atoms with Crippen molar-refractivity contribution in [2.75, 3.05) is 14.2 Å². The average molecular weight is 223 g/mol. The third-order valence-corrected chi connectivity index (χ3v) is 3.67. The topological polar surface area (TPSA) is 44.5 Å². The predicted molar refractivity (Wildman–Crippen MR) is 63.2 cm³/mol. The van der Waals surface area contributed by atoms with Gasteiger partial charge in [-0.05, 0) is 23.3 Å². The van der Waals surface area contributed by atoms with Crippen LogP contribution in [0.1, 0.15) is 13.3 Å². The molecule has 0 aliphatic carbocycles. The van der Waals surface area contributed by atoms with E-state index < -0.39 is 0 Å². The van der Waals surface area contributed by atoms with E-state index in [1.165, 1.54) is 0 Å². The van der Waals surface area contributed by atoms with Crippen molar-refractivity contribution in [2.45, 2.75) is 19.0 Å². The highest BCUT2D eigenvalue weighted by Gasteiger charge is 2.12. The first-order valence-electron chi connectivity index (χ1n) is 4.96. The van der Waals surface area contributed by atoms with Crippen molar-refractivity contribution in [2.24, 2.45) is 5.73 Å². The molecule has 15 heavy (non-hydrogen) atoms. The fourth-order valence-corrected chi connectivity index (χ4v) is 2.45. The van der Waals surface area contributed by atoms with Crippen molar-refractivity contribution in [1.29, 1.82) is 0 Å². The SMILES string of the molecule is CCC(N)[Si]c1cccc(OC)c1OC. The van der Waals surface area contributed by atoms with Gasteiger partial charge in [-0.1, -0.05) is 19.1 Å². The van der Waals surface area contributed by atoms with E-state index in [2.05, 4.69) is 6.92 Å². The molecule has 0 spiro atoms. The highest BCUT2D eigenvalue weighted by Crippen LogP contribution is 2.23. The molecule has 0 fully saturated rings. The van der Waals surface area contributed by atoms with Crippen LogP contribution < -0.4 is 20.4 Å². The second kappa shape index (κ2) is 5.78. The third-order valence-electron chi connectivity index (χ3n) is 2.18. The van der Waals surface area contributed by atoms with Gasteiger partial charge in [-0.2, -0.15) is 0 Å². The lowest BCUT2D eigenvalue weighted by Crippen LogP contribution is -2.35. The molecule has 0 saturated carbocycles. The highest BCUT2D eigenvalue weighted by molar-refractivity contribution is 6.56. The number of hydrogen-bond acceptors (Lipinski definition) is 3. The summed E-state index contributed by atoms with van der Waals surface area (Å²) in [5.74, 6) is 1.58. The first kappa shape index (κ1) is 12.1. The number of para-hydroxylation sites is 1. The Balaban J connectivity index is 2.95. The lowest BCUT2D eigenvalue weighted by atomic mass is 10.3. The monoisotopic (exact) mass is 223 g/mol. The van der Waals surface area contributed by atoms with Gasteiger partial charge in [-0.15, -0.1) is 0 Å². The van der Waals surface area contributed by atoms with Gasteiger partial charge in [0.15, 0.2) is 11.5 Å². The van der Waals surface area contributed by atoms with Crippen molar-refractivity contribution >= 4 is 14.7 Å².